The van der Waals surface area contributed by atoms with E-state index in [1.165, 1.54) is 0 Å². The van der Waals surface area contributed by atoms with Crippen molar-refractivity contribution in [1.29, 1.82) is 0 Å². The molecular formula is C14H18ClN3O. The summed E-state index contributed by atoms with van der Waals surface area (Å²) in [6, 6.07) is 5.94. The van der Waals surface area contributed by atoms with E-state index in [4.69, 9.17) is 22.1 Å². The van der Waals surface area contributed by atoms with E-state index in [0.717, 1.165) is 18.5 Å². The molecule has 0 fully saturated rings. The number of hydrogen-bond acceptors (Lipinski definition) is 3. The second-order valence-corrected chi connectivity index (χ2v) is 5.00. The maximum Gasteiger partial charge on any atom is 0.137 e. The summed E-state index contributed by atoms with van der Waals surface area (Å²) < 4.78 is 7.61. The zero-order valence-electron chi connectivity index (χ0n) is 10.9. The van der Waals surface area contributed by atoms with Gasteiger partial charge in [-0.15, -0.1) is 0 Å². The molecule has 1 aromatic carbocycles. The Morgan fingerprint density at radius 3 is 2.95 bits per heavy atom. The van der Waals surface area contributed by atoms with Gasteiger partial charge in [-0.1, -0.05) is 17.7 Å². The fourth-order valence-electron chi connectivity index (χ4n) is 1.84. The number of benzene rings is 1. The summed E-state index contributed by atoms with van der Waals surface area (Å²) >= 11 is 6.19. The van der Waals surface area contributed by atoms with Gasteiger partial charge in [0.2, 0.25) is 0 Å². The maximum absolute atomic E-state index is 6.19. The van der Waals surface area contributed by atoms with Crippen LogP contribution in [0.15, 0.2) is 36.9 Å². The van der Waals surface area contributed by atoms with Gasteiger partial charge in [-0.25, -0.2) is 4.98 Å². The average Bonchev–Trinajstić information content (AvgIpc) is 2.84. The molecule has 0 aliphatic heterocycles. The summed E-state index contributed by atoms with van der Waals surface area (Å²) in [6.45, 7) is 3.28. The molecule has 102 valence electrons. The Bertz CT molecular complexity index is 511. The van der Waals surface area contributed by atoms with Gasteiger partial charge >= 0.3 is 0 Å². The Morgan fingerprint density at radius 2 is 2.32 bits per heavy atom. The molecule has 2 N–H and O–H groups in total. The van der Waals surface area contributed by atoms with Gasteiger partial charge in [-0.2, -0.15) is 0 Å². The van der Waals surface area contributed by atoms with Crippen LogP contribution in [0.3, 0.4) is 0 Å². The van der Waals surface area contributed by atoms with Crippen molar-refractivity contribution in [2.75, 3.05) is 6.61 Å². The molecule has 0 amide bonds. The van der Waals surface area contributed by atoms with Gasteiger partial charge in [0.05, 0.1) is 17.9 Å². The number of halogens is 1. The van der Waals surface area contributed by atoms with Gasteiger partial charge < -0.3 is 15.0 Å². The molecule has 0 bridgehead atoms. The van der Waals surface area contributed by atoms with Crippen LogP contribution in [0.1, 0.15) is 12.5 Å². The highest BCUT2D eigenvalue weighted by Crippen LogP contribution is 2.25. The van der Waals surface area contributed by atoms with Crippen LogP contribution in [0, 0.1) is 0 Å². The lowest BCUT2D eigenvalue weighted by Crippen LogP contribution is -2.17. The highest BCUT2D eigenvalue weighted by molar-refractivity contribution is 6.32. The van der Waals surface area contributed by atoms with E-state index in [2.05, 4.69) is 4.98 Å². The lowest BCUT2D eigenvalue weighted by molar-refractivity contribution is 0.298. The van der Waals surface area contributed by atoms with Gasteiger partial charge in [0.25, 0.3) is 0 Å². The molecule has 0 aliphatic carbocycles. The Labute approximate surface area is 118 Å². The lowest BCUT2D eigenvalue weighted by atomic mass is 10.1. The van der Waals surface area contributed by atoms with Crippen LogP contribution in [-0.2, 0) is 13.0 Å². The van der Waals surface area contributed by atoms with E-state index >= 15 is 0 Å². The summed E-state index contributed by atoms with van der Waals surface area (Å²) in [7, 11) is 0. The second-order valence-electron chi connectivity index (χ2n) is 4.60. The molecule has 19 heavy (non-hydrogen) atoms. The minimum absolute atomic E-state index is 0.129. The zero-order valence-corrected chi connectivity index (χ0v) is 11.7. The van der Waals surface area contributed by atoms with Gasteiger partial charge in [-0.05, 0) is 31.0 Å². The molecule has 2 rings (SSSR count). The fourth-order valence-corrected chi connectivity index (χ4v) is 2.10. The van der Waals surface area contributed by atoms with Crippen molar-refractivity contribution in [3.05, 3.63) is 47.5 Å². The second kappa shape index (κ2) is 6.59. The molecule has 0 saturated carbocycles. The fraction of sp³-hybridized carbons (Fsp3) is 0.357. The molecule has 0 aliphatic rings. The number of imidazole rings is 1. The summed E-state index contributed by atoms with van der Waals surface area (Å²) in [5.74, 6) is 0.704. The number of hydrogen-bond donors (Lipinski definition) is 1. The molecule has 1 atom stereocenters. The number of nitrogens with zero attached hydrogens (tertiary/aromatic N) is 2. The Kier molecular flexibility index (Phi) is 4.82. The number of ether oxygens (including phenoxy) is 1. The summed E-state index contributed by atoms with van der Waals surface area (Å²) in [4.78, 5) is 3.97. The minimum Gasteiger partial charge on any atom is -0.490 e. The van der Waals surface area contributed by atoms with E-state index in [-0.39, 0.29) is 6.04 Å². The van der Waals surface area contributed by atoms with E-state index in [0.29, 0.717) is 17.4 Å². The lowest BCUT2D eigenvalue weighted by Gasteiger charge is -2.11. The minimum atomic E-state index is 0.129. The van der Waals surface area contributed by atoms with E-state index in [1.807, 2.05) is 35.9 Å². The van der Waals surface area contributed by atoms with Gasteiger partial charge in [0.1, 0.15) is 12.4 Å². The first kappa shape index (κ1) is 13.9. The maximum atomic E-state index is 6.19. The van der Waals surface area contributed by atoms with Crippen molar-refractivity contribution >= 4 is 11.6 Å². The molecule has 4 nitrogen and oxygen atoms in total. The van der Waals surface area contributed by atoms with Crippen LogP contribution >= 0.6 is 11.6 Å². The van der Waals surface area contributed by atoms with Crippen molar-refractivity contribution in [3.63, 3.8) is 0 Å². The molecule has 0 radical (unpaired) electrons. The molecular weight excluding hydrogens is 262 g/mol. The van der Waals surface area contributed by atoms with E-state index < -0.39 is 0 Å². The van der Waals surface area contributed by atoms with Crippen molar-refractivity contribution in [1.82, 2.24) is 9.55 Å². The van der Waals surface area contributed by atoms with E-state index in [9.17, 15) is 0 Å². The van der Waals surface area contributed by atoms with Gasteiger partial charge in [0, 0.05) is 18.4 Å². The highest BCUT2D eigenvalue weighted by atomic mass is 35.5. The first-order valence-corrected chi connectivity index (χ1v) is 6.65. The van der Waals surface area contributed by atoms with Crippen molar-refractivity contribution in [2.24, 2.45) is 5.73 Å². The topological polar surface area (TPSA) is 53.1 Å². The third-order valence-electron chi connectivity index (χ3n) is 2.72. The van der Waals surface area contributed by atoms with E-state index in [1.54, 1.807) is 12.5 Å². The van der Waals surface area contributed by atoms with Crippen LogP contribution < -0.4 is 10.5 Å². The monoisotopic (exact) mass is 279 g/mol. The first-order chi connectivity index (χ1) is 9.15. The molecule has 0 spiro atoms. The number of nitrogens with two attached hydrogens (primary N) is 1. The normalized spacial score (nSPS) is 12.4. The zero-order chi connectivity index (χ0) is 13.7. The Balaban J connectivity index is 1.90. The van der Waals surface area contributed by atoms with Crippen molar-refractivity contribution < 1.29 is 4.74 Å². The Hall–Kier alpha value is -1.52. The van der Waals surface area contributed by atoms with Crippen LogP contribution in [0.25, 0.3) is 0 Å². The SMILES string of the molecule is CC(N)Cc1ccc(OCCn2ccnc2)c(Cl)c1. The average molecular weight is 280 g/mol. The predicted octanol–water partition coefficient (Wildman–Crippen LogP) is 2.51. The molecule has 1 heterocycles. The summed E-state index contributed by atoms with van der Waals surface area (Å²) in [5, 5.41) is 0.629. The van der Waals surface area contributed by atoms with Crippen LogP contribution in [0.4, 0.5) is 0 Å². The third-order valence-corrected chi connectivity index (χ3v) is 3.02. The predicted molar refractivity (Wildman–Crippen MR) is 76.5 cm³/mol. The first-order valence-electron chi connectivity index (χ1n) is 6.27. The third kappa shape index (κ3) is 4.26. The molecule has 1 aromatic heterocycles. The quantitative estimate of drug-likeness (QED) is 0.884. The Morgan fingerprint density at radius 1 is 1.47 bits per heavy atom. The van der Waals surface area contributed by atoms with Crippen LogP contribution in [-0.4, -0.2) is 22.2 Å². The molecule has 0 saturated heterocycles. The smallest absolute Gasteiger partial charge is 0.137 e. The summed E-state index contributed by atoms with van der Waals surface area (Å²) in [6.07, 6.45) is 6.22. The largest absolute Gasteiger partial charge is 0.490 e. The molecule has 1 unspecified atom stereocenters. The number of rotatable bonds is 6. The highest BCUT2D eigenvalue weighted by Gasteiger charge is 2.05. The van der Waals surface area contributed by atoms with Crippen molar-refractivity contribution in [2.45, 2.75) is 25.9 Å². The van der Waals surface area contributed by atoms with Crippen LogP contribution in [0.5, 0.6) is 5.75 Å². The molecule has 2 aromatic rings. The standard InChI is InChI=1S/C14H18ClN3O/c1-11(16)8-12-2-3-14(13(15)9-12)19-7-6-18-5-4-17-10-18/h2-5,9-11H,6-8,16H2,1H3. The van der Waals surface area contributed by atoms with Gasteiger partial charge in [-0.3, -0.25) is 0 Å². The van der Waals surface area contributed by atoms with Gasteiger partial charge in [0.15, 0.2) is 0 Å². The number of aromatic nitrogens is 2. The van der Waals surface area contributed by atoms with Crippen molar-refractivity contribution in [3.8, 4) is 5.75 Å². The van der Waals surface area contributed by atoms with Crippen LogP contribution in [0.2, 0.25) is 5.02 Å². The summed E-state index contributed by atoms with van der Waals surface area (Å²) in [5.41, 5.74) is 6.89. The molecule has 5 heteroatoms.